The predicted molar refractivity (Wildman–Crippen MR) is 94.8 cm³/mol. The van der Waals surface area contributed by atoms with Gasteiger partial charge in [-0.15, -0.1) is 0 Å². The Balaban J connectivity index is 2.69. The monoisotopic (exact) mass is 289 g/mol. The molecule has 1 heteroatoms. The maximum Gasteiger partial charge on any atom is 0.0112 e. The van der Waals surface area contributed by atoms with Crippen LogP contribution < -0.4 is 5.32 Å². The van der Waals surface area contributed by atoms with Gasteiger partial charge in [0.2, 0.25) is 0 Å². The van der Waals surface area contributed by atoms with Crippen molar-refractivity contribution >= 4 is 0 Å². The van der Waals surface area contributed by atoms with E-state index in [0.29, 0.717) is 11.8 Å². The summed E-state index contributed by atoms with van der Waals surface area (Å²) in [4.78, 5) is 0. The molecule has 0 amide bonds. The third-order valence-corrected chi connectivity index (χ3v) is 4.83. The van der Waals surface area contributed by atoms with Crippen LogP contribution in [0, 0.1) is 29.6 Å². The zero-order valence-electron chi connectivity index (χ0n) is 14.9. The number of unbranched alkanes of at least 4 members (excludes halogenated alkanes) is 1. The summed E-state index contributed by atoms with van der Waals surface area (Å²) >= 11 is 0. The second-order valence-electron chi connectivity index (χ2n) is 7.20. The van der Waals surface area contributed by atoms with E-state index in [4.69, 9.17) is 0 Å². The molecule has 1 N–H and O–H groups in total. The molecule has 0 saturated heterocycles. The van der Waals surface area contributed by atoms with Gasteiger partial charge in [-0.25, -0.2) is 0 Å². The molecule has 0 aromatic rings. The number of rotatable bonds is 7. The molecule has 21 heavy (non-hydrogen) atoms. The smallest absolute Gasteiger partial charge is 0.0112 e. The van der Waals surface area contributed by atoms with Gasteiger partial charge in [0, 0.05) is 11.9 Å². The second-order valence-corrected chi connectivity index (χ2v) is 7.20. The summed E-state index contributed by atoms with van der Waals surface area (Å²) in [6.45, 7) is 14.1. The zero-order chi connectivity index (χ0) is 15.8. The fourth-order valence-corrected chi connectivity index (χ4v) is 3.48. The Bertz CT molecular complexity index is 373. The van der Waals surface area contributed by atoms with Crippen molar-refractivity contribution in [1.82, 2.24) is 5.32 Å². The molecule has 0 spiro atoms. The topological polar surface area (TPSA) is 12.0 Å². The maximum atomic E-state index is 3.52. The number of nitrogens with one attached hydrogen (secondary N) is 1. The van der Waals surface area contributed by atoms with Gasteiger partial charge in [-0.1, -0.05) is 66.2 Å². The molecule has 0 saturated carbocycles. The van der Waals surface area contributed by atoms with Gasteiger partial charge >= 0.3 is 0 Å². The normalized spacial score (nSPS) is 27.0. The summed E-state index contributed by atoms with van der Waals surface area (Å²) in [6, 6.07) is 0. The standard InChI is InChI=1S/C20H35N/c1-7-8-9-10-11-12-21-18-13-19(15(2)3)17(6)20(14-18)16(4)5/h9-13,15-17,19-21H,7-8,14H2,1-6H3/b10-9-,12-11-. The Morgan fingerprint density at radius 2 is 1.90 bits per heavy atom. The van der Waals surface area contributed by atoms with E-state index in [-0.39, 0.29) is 0 Å². The van der Waals surface area contributed by atoms with E-state index in [2.05, 4.69) is 77.4 Å². The van der Waals surface area contributed by atoms with E-state index < -0.39 is 0 Å². The van der Waals surface area contributed by atoms with Gasteiger partial charge in [0.05, 0.1) is 0 Å². The SMILES string of the molecule is CCC/C=C\C=C/NC1=CC(C(C)C)C(C)C(C(C)C)C1. The quantitative estimate of drug-likeness (QED) is 0.574. The molecule has 1 nitrogen and oxygen atoms in total. The van der Waals surface area contributed by atoms with Crippen molar-refractivity contribution in [2.75, 3.05) is 0 Å². The molecule has 3 atom stereocenters. The second kappa shape index (κ2) is 9.12. The van der Waals surface area contributed by atoms with Crippen molar-refractivity contribution in [1.29, 1.82) is 0 Å². The average Bonchev–Trinajstić information content (AvgIpc) is 2.43. The van der Waals surface area contributed by atoms with Crippen LogP contribution in [-0.4, -0.2) is 0 Å². The first kappa shape index (κ1) is 18.1. The van der Waals surface area contributed by atoms with E-state index in [1.54, 1.807) is 0 Å². The van der Waals surface area contributed by atoms with E-state index >= 15 is 0 Å². The molecule has 0 heterocycles. The lowest BCUT2D eigenvalue weighted by Crippen LogP contribution is -2.33. The molecule has 120 valence electrons. The van der Waals surface area contributed by atoms with Crippen LogP contribution in [-0.2, 0) is 0 Å². The Labute approximate surface area is 132 Å². The Morgan fingerprint density at radius 1 is 1.19 bits per heavy atom. The highest BCUT2D eigenvalue weighted by molar-refractivity contribution is 5.14. The molecule has 0 fully saturated rings. The van der Waals surface area contributed by atoms with Gasteiger partial charge in [0.25, 0.3) is 0 Å². The van der Waals surface area contributed by atoms with Crippen LogP contribution in [0.5, 0.6) is 0 Å². The highest BCUT2D eigenvalue weighted by Crippen LogP contribution is 2.40. The van der Waals surface area contributed by atoms with Crippen LogP contribution in [0.3, 0.4) is 0 Å². The Kier molecular flexibility index (Phi) is 7.85. The highest BCUT2D eigenvalue weighted by atomic mass is 14.9. The Morgan fingerprint density at radius 3 is 2.48 bits per heavy atom. The first-order chi connectivity index (χ1) is 9.97. The molecular formula is C20H35N. The fourth-order valence-electron chi connectivity index (χ4n) is 3.48. The van der Waals surface area contributed by atoms with Crippen molar-refractivity contribution in [2.24, 2.45) is 29.6 Å². The van der Waals surface area contributed by atoms with Crippen molar-refractivity contribution < 1.29 is 0 Å². The molecule has 0 aromatic heterocycles. The van der Waals surface area contributed by atoms with Gasteiger partial charge in [-0.3, -0.25) is 0 Å². The zero-order valence-corrected chi connectivity index (χ0v) is 14.9. The van der Waals surface area contributed by atoms with Crippen LogP contribution in [0.4, 0.5) is 0 Å². The predicted octanol–water partition coefficient (Wildman–Crippen LogP) is 5.91. The van der Waals surface area contributed by atoms with Crippen molar-refractivity contribution in [3.05, 3.63) is 36.2 Å². The minimum Gasteiger partial charge on any atom is -0.365 e. The number of hydrogen-bond acceptors (Lipinski definition) is 1. The van der Waals surface area contributed by atoms with Gasteiger partial charge in [0.15, 0.2) is 0 Å². The molecule has 0 radical (unpaired) electrons. The van der Waals surface area contributed by atoms with Crippen LogP contribution in [0.15, 0.2) is 36.2 Å². The lowest BCUT2D eigenvalue weighted by Gasteiger charge is -2.39. The van der Waals surface area contributed by atoms with E-state index in [0.717, 1.165) is 24.2 Å². The molecule has 1 aliphatic rings. The van der Waals surface area contributed by atoms with Gasteiger partial charge in [0.1, 0.15) is 0 Å². The maximum absolute atomic E-state index is 3.52. The van der Waals surface area contributed by atoms with Crippen LogP contribution in [0.1, 0.15) is 60.8 Å². The van der Waals surface area contributed by atoms with Gasteiger partial charge in [-0.05, 0) is 48.5 Å². The lowest BCUT2D eigenvalue weighted by molar-refractivity contribution is 0.170. The highest BCUT2D eigenvalue weighted by Gasteiger charge is 2.33. The Hall–Kier alpha value is -0.980. The first-order valence-corrected chi connectivity index (χ1v) is 8.76. The summed E-state index contributed by atoms with van der Waals surface area (Å²) in [5, 5.41) is 3.52. The van der Waals surface area contributed by atoms with Crippen molar-refractivity contribution in [3.8, 4) is 0 Å². The van der Waals surface area contributed by atoms with E-state index in [9.17, 15) is 0 Å². The summed E-state index contributed by atoms with van der Waals surface area (Å²) < 4.78 is 0. The van der Waals surface area contributed by atoms with E-state index in [1.165, 1.54) is 18.5 Å². The minimum atomic E-state index is 0.692. The van der Waals surface area contributed by atoms with Gasteiger partial charge in [-0.2, -0.15) is 0 Å². The minimum absolute atomic E-state index is 0.692. The van der Waals surface area contributed by atoms with Crippen molar-refractivity contribution in [2.45, 2.75) is 60.8 Å². The molecule has 0 aliphatic heterocycles. The first-order valence-electron chi connectivity index (χ1n) is 8.76. The summed E-state index contributed by atoms with van der Waals surface area (Å²) in [6.07, 6.45) is 14.6. The molecule has 0 aromatic carbocycles. The molecule has 3 unspecified atom stereocenters. The van der Waals surface area contributed by atoms with Crippen molar-refractivity contribution in [3.63, 3.8) is 0 Å². The van der Waals surface area contributed by atoms with Crippen LogP contribution in [0.25, 0.3) is 0 Å². The van der Waals surface area contributed by atoms with Crippen LogP contribution in [0.2, 0.25) is 0 Å². The summed E-state index contributed by atoms with van der Waals surface area (Å²) in [7, 11) is 0. The lowest BCUT2D eigenvalue weighted by atomic mass is 9.68. The third kappa shape index (κ3) is 5.73. The number of allylic oxidation sites excluding steroid dienone is 5. The van der Waals surface area contributed by atoms with Gasteiger partial charge < -0.3 is 5.32 Å². The largest absolute Gasteiger partial charge is 0.365 e. The molecule has 1 aliphatic carbocycles. The number of hydrogen-bond donors (Lipinski definition) is 1. The molecule has 0 bridgehead atoms. The average molecular weight is 290 g/mol. The molecule has 1 rings (SSSR count). The summed E-state index contributed by atoms with van der Waals surface area (Å²) in [5.74, 6) is 3.72. The van der Waals surface area contributed by atoms with Crippen LogP contribution >= 0.6 is 0 Å². The van der Waals surface area contributed by atoms with E-state index in [1.807, 2.05) is 0 Å². The molecular weight excluding hydrogens is 254 g/mol. The third-order valence-electron chi connectivity index (χ3n) is 4.83. The fraction of sp³-hybridized carbons (Fsp3) is 0.700. The summed E-state index contributed by atoms with van der Waals surface area (Å²) in [5.41, 5.74) is 1.41.